The van der Waals surface area contributed by atoms with Crippen LogP contribution in [0.15, 0.2) is 36.9 Å². The van der Waals surface area contributed by atoms with Gasteiger partial charge >= 0.3 is 0 Å². The predicted molar refractivity (Wildman–Crippen MR) is 133 cm³/mol. The number of hydrogen-bond donors (Lipinski definition) is 3. The molecule has 2 atom stereocenters. The highest BCUT2D eigenvalue weighted by atomic mass is 19.1. The molecule has 0 saturated carbocycles. The summed E-state index contributed by atoms with van der Waals surface area (Å²) in [6, 6.07) is 7.97. The molecule has 3 N–H and O–H groups in total. The van der Waals surface area contributed by atoms with Crippen molar-refractivity contribution in [2.75, 3.05) is 53.7 Å². The van der Waals surface area contributed by atoms with E-state index in [1.165, 1.54) is 6.08 Å². The summed E-state index contributed by atoms with van der Waals surface area (Å²) in [6.45, 7) is 8.95. The van der Waals surface area contributed by atoms with Crippen LogP contribution in [-0.4, -0.2) is 66.6 Å². The first-order valence-corrected chi connectivity index (χ1v) is 11.9. The van der Waals surface area contributed by atoms with Crippen LogP contribution in [0.4, 0.5) is 33.1 Å². The molecule has 3 aliphatic rings. The molecule has 2 amide bonds. The second-order valence-corrected chi connectivity index (χ2v) is 9.09. The highest BCUT2D eigenvalue weighted by Gasteiger charge is 2.34. The highest BCUT2D eigenvalue weighted by Crippen LogP contribution is 2.39. The molecule has 1 aromatic heterocycles. The van der Waals surface area contributed by atoms with Gasteiger partial charge in [0.1, 0.15) is 11.4 Å². The number of amides is 2. The van der Waals surface area contributed by atoms with Crippen LogP contribution in [0.2, 0.25) is 0 Å². The number of ether oxygens (including phenoxy) is 1. The molecule has 0 aliphatic carbocycles. The highest BCUT2D eigenvalue weighted by molar-refractivity contribution is 6.21. The van der Waals surface area contributed by atoms with Gasteiger partial charge in [-0.1, -0.05) is 6.58 Å². The summed E-state index contributed by atoms with van der Waals surface area (Å²) in [5.41, 5.74) is 2.15. The van der Waals surface area contributed by atoms with E-state index in [2.05, 4.69) is 39.3 Å². The first-order valence-electron chi connectivity index (χ1n) is 11.9. The smallest absolute Gasteiger partial charge is 0.261 e. The number of aromatic nitrogens is 1. The fourth-order valence-electron chi connectivity index (χ4n) is 4.80. The monoisotopic (exact) mass is 480 g/mol. The second kappa shape index (κ2) is 9.53. The molecule has 2 unspecified atom stereocenters. The lowest BCUT2D eigenvalue weighted by atomic mass is 10.0. The number of halogens is 1. The van der Waals surface area contributed by atoms with Crippen molar-refractivity contribution in [3.63, 3.8) is 0 Å². The van der Waals surface area contributed by atoms with Crippen molar-refractivity contribution in [2.45, 2.75) is 31.8 Å². The minimum atomic E-state index is -0.603. The number of nitrogens with zero attached hydrogens (tertiary/aromatic N) is 3. The summed E-state index contributed by atoms with van der Waals surface area (Å²) in [4.78, 5) is 32.6. The molecule has 1 aromatic carbocycles. The minimum absolute atomic E-state index is 0.0444. The number of hydrogen-bond acceptors (Lipinski definition) is 7. The first kappa shape index (κ1) is 23.1. The van der Waals surface area contributed by atoms with E-state index < -0.39 is 5.82 Å². The Kier molecular flexibility index (Phi) is 6.29. The van der Waals surface area contributed by atoms with E-state index in [1.807, 2.05) is 24.3 Å². The Balaban J connectivity index is 1.35. The number of piperidine rings is 1. The zero-order chi connectivity index (χ0) is 24.5. The lowest BCUT2D eigenvalue weighted by molar-refractivity contribution is -0.127. The van der Waals surface area contributed by atoms with E-state index in [4.69, 9.17) is 4.74 Å². The van der Waals surface area contributed by atoms with Crippen LogP contribution in [0.5, 0.6) is 0 Å². The van der Waals surface area contributed by atoms with Crippen LogP contribution in [0.1, 0.15) is 30.1 Å². The van der Waals surface area contributed by atoms with Gasteiger partial charge in [0, 0.05) is 43.1 Å². The number of pyridine rings is 1. The molecule has 184 valence electrons. The third kappa shape index (κ3) is 4.53. The van der Waals surface area contributed by atoms with Gasteiger partial charge in [0.15, 0.2) is 11.6 Å². The molecule has 0 spiro atoms. The number of anilines is 5. The fraction of sp³-hybridized carbons (Fsp3) is 0.400. The maximum atomic E-state index is 15.1. The summed E-state index contributed by atoms with van der Waals surface area (Å²) >= 11 is 0. The van der Waals surface area contributed by atoms with Gasteiger partial charge in [-0.3, -0.25) is 9.59 Å². The Morgan fingerprint density at radius 2 is 2.09 bits per heavy atom. The fourth-order valence-corrected chi connectivity index (χ4v) is 4.80. The van der Waals surface area contributed by atoms with E-state index >= 15 is 4.39 Å². The maximum Gasteiger partial charge on any atom is 0.261 e. The van der Waals surface area contributed by atoms with Crippen molar-refractivity contribution in [2.24, 2.45) is 0 Å². The number of carbonyl (C=O) groups is 2. The van der Waals surface area contributed by atoms with Crippen LogP contribution in [0, 0.1) is 5.82 Å². The lowest BCUT2D eigenvalue weighted by Gasteiger charge is -2.35. The molecular formula is C25H29FN6O3. The van der Waals surface area contributed by atoms with Gasteiger partial charge in [0.05, 0.1) is 18.9 Å². The zero-order valence-corrected chi connectivity index (χ0v) is 19.6. The van der Waals surface area contributed by atoms with Crippen molar-refractivity contribution in [1.82, 2.24) is 9.88 Å². The molecule has 3 aliphatic heterocycles. The van der Waals surface area contributed by atoms with Crippen molar-refractivity contribution >= 4 is 40.5 Å². The van der Waals surface area contributed by atoms with Gasteiger partial charge < -0.3 is 30.5 Å². The number of carbonyl (C=O) groups excluding carboxylic acids is 2. The van der Waals surface area contributed by atoms with Crippen LogP contribution >= 0.6 is 0 Å². The Hall–Kier alpha value is -3.66. The molecule has 4 heterocycles. The van der Waals surface area contributed by atoms with Gasteiger partial charge in [0.2, 0.25) is 5.91 Å². The molecular weight excluding hydrogens is 451 g/mol. The van der Waals surface area contributed by atoms with E-state index in [-0.39, 0.29) is 46.8 Å². The second-order valence-electron chi connectivity index (χ2n) is 9.09. The Labute approximate surface area is 203 Å². The predicted octanol–water partition coefficient (Wildman–Crippen LogP) is 3.34. The molecule has 0 radical (unpaired) electrons. The maximum absolute atomic E-state index is 15.1. The van der Waals surface area contributed by atoms with Gasteiger partial charge in [-0.25, -0.2) is 9.37 Å². The summed E-state index contributed by atoms with van der Waals surface area (Å²) in [5.74, 6) is -0.793. The van der Waals surface area contributed by atoms with Crippen LogP contribution in [0.25, 0.3) is 0 Å². The Bertz CT molecular complexity index is 1150. The Morgan fingerprint density at radius 1 is 1.29 bits per heavy atom. The number of rotatable bonds is 6. The normalized spacial score (nSPS) is 21.5. The molecule has 0 bridgehead atoms. The standard InChI is InChI=1S/C25H29FN6O3/c1-3-19(33)31-10-4-5-17(13-31)28-24-21(26)22-20(25(34)29-22)23(30-24)27-16-6-8-18(9-7-16)32-11-12-35-14-15(32)2/h3,6-9,15,17H,1,4-5,10-14H2,2H3,(H,29,34)(H2,27,28,30). The summed E-state index contributed by atoms with van der Waals surface area (Å²) in [5, 5.41) is 8.83. The third-order valence-corrected chi connectivity index (χ3v) is 6.68. The van der Waals surface area contributed by atoms with Crippen LogP contribution in [0.3, 0.4) is 0 Å². The van der Waals surface area contributed by atoms with Gasteiger partial charge in [-0.15, -0.1) is 0 Å². The first-order chi connectivity index (χ1) is 16.9. The number of benzene rings is 1. The van der Waals surface area contributed by atoms with Gasteiger partial charge in [-0.05, 0) is 50.1 Å². The van der Waals surface area contributed by atoms with Crippen molar-refractivity contribution < 1.29 is 18.7 Å². The topological polar surface area (TPSA) is 98.8 Å². The average molecular weight is 481 g/mol. The quantitative estimate of drug-likeness (QED) is 0.546. The number of morpholine rings is 1. The largest absolute Gasteiger partial charge is 0.377 e. The molecule has 9 nitrogen and oxygen atoms in total. The van der Waals surface area contributed by atoms with E-state index in [0.717, 1.165) is 30.8 Å². The van der Waals surface area contributed by atoms with Gasteiger partial charge in [0.25, 0.3) is 5.91 Å². The lowest BCUT2D eigenvalue weighted by Crippen LogP contribution is -2.44. The van der Waals surface area contributed by atoms with Crippen molar-refractivity contribution in [3.8, 4) is 0 Å². The molecule has 2 saturated heterocycles. The SMILES string of the molecule is C=CC(=O)N1CCCC(Nc2nc(Nc3ccc(N4CCOCC4C)cc3)c3c(c2F)NC3=O)C1. The molecule has 35 heavy (non-hydrogen) atoms. The van der Waals surface area contributed by atoms with Gasteiger partial charge in [-0.2, -0.15) is 0 Å². The zero-order valence-electron chi connectivity index (χ0n) is 19.6. The summed E-state index contributed by atoms with van der Waals surface area (Å²) < 4.78 is 20.6. The van der Waals surface area contributed by atoms with Crippen molar-refractivity contribution in [1.29, 1.82) is 0 Å². The number of likely N-dealkylation sites (tertiary alicyclic amines) is 1. The molecule has 5 rings (SSSR count). The molecule has 2 fully saturated rings. The van der Waals surface area contributed by atoms with E-state index in [9.17, 15) is 9.59 Å². The molecule has 10 heteroatoms. The number of fused-ring (bicyclic) bond motifs is 1. The Morgan fingerprint density at radius 3 is 2.80 bits per heavy atom. The van der Waals surface area contributed by atoms with E-state index in [1.54, 1.807) is 4.90 Å². The van der Waals surface area contributed by atoms with E-state index in [0.29, 0.717) is 26.3 Å². The van der Waals surface area contributed by atoms with Crippen LogP contribution in [-0.2, 0) is 9.53 Å². The van der Waals surface area contributed by atoms with Crippen LogP contribution < -0.4 is 20.9 Å². The number of nitrogens with one attached hydrogen (secondary N) is 3. The average Bonchev–Trinajstić information content (AvgIpc) is 2.86. The molecule has 2 aromatic rings. The summed E-state index contributed by atoms with van der Waals surface area (Å²) in [7, 11) is 0. The third-order valence-electron chi connectivity index (χ3n) is 6.68. The van der Waals surface area contributed by atoms with Crippen molar-refractivity contribution in [3.05, 3.63) is 48.3 Å². The summed E-state index contributed by atoms with van der Waals surface area (Å²) in [6.07, 6.45) is 2.85. The minimum Gasteiger partial charge on any atom is -0.377 e.